The Balaban J connectivity index is 1.58. The molecule has 10 heteroatoms. The molecule has 1 atom stereocenters. The molecule has 3 rings (SSSR count). The highest BCUT2D eigenvalue weighted by Gasteiger charge is 2.28. The molecule has 9 nitrogen and oxygen atoms in total. The number of hydrogen-bond acceptors (Lipinski definition) is 7. The monoisotopic (exact) mass is 487 g/mol. The van der Waals surface area contributed by atoms with Gasteiger partial charge in [-0.15, -0.1) is 11.3 Å². The first-order valence-corrected chi connectivity index (χ1v) is 12.0. The zero-order chi connectivity index (χ0) is 24.8. The summed E-state index contributed by atoms with van der Waals surface area (Å²) in [5, 5.41) is 5.67. The number of anilines is 1. The van der Waals surface area contributed by atoms with E-state index in [2.05, 4.69) is 10.6 Å². The molecule has 0 saturated carbocycles. The summed E-state index contributed by atoms with van der Waals surface area (Å²) in [6.07, 6.45) is 2.54. The van der Waals surface area contributed by atoms with Crippen LogP contribution in [-0.4, -0.2) is 42.9 Å². The number of hydrogen-bond donors (Lipinski definition) is 3. The summed E-state index contributed by atoms with van der Waals surface area (Å²) in [6, 6.07) is 5.60. The van der Waals surface area contributed by atoms with Crippen LogP contribution >= 0.6 is 11.3 Å². The number of fused-ring (bicyclic) bond motifs is 1. The number of thiophene rings is 1. The molecule has 0 aliphatic heterocycles. The number of primary amides is 1. The van der Waals surface area contributed by atoms with Gasteiger partial charge in [0.25, 0.3) is 17.7 Å². The molecule has 0 fully saturated rings. The minimum Gasteiger partial charge on any atom is -0.494 e. The summed E-state index contributed by atoms with van der Waals surface area (Å²) < 4.78 is 10.5. The second kappa shape index (κ2) is 11.1. The summed E-state index contributed by atoms with van der Waals surface area (Å²) >= 11 is 1.32. The van der Waals surface area contributed by atoms with E-state index >= 15 is 0 Å². The van der Waals surface area contributed by atoms with Gasteiger partial charge in [-0.25, -0.2) is 4.79 Å². The molecule has 1 aromatic heterocycles. The Kier molecular flexibility index (Phi) is 8.27. The molecule has 1 aromatic carbocycles. The van der Waals surface area contributed by atoms with Gasteiger partial charge in [-0.3, -0.25) is 14.4 Å². The lowest BCUT2D eigenvalue weighted by Gasteiger charge is -2.21. The molecule has 2 aromatic rings. The van der Waals surface area contributed by atoms with Gasteiger partial charge in [0, 0.05) is 10.4 Å². The van der Waals surface area contributed by atoms with E-state index in [1.807, 2.05) is 6.92 Å². The summed E-state index contributed by atoms with van der Waals surface area (Å²) in [5.74, 6) is -1.99. The van der Waals surface area contributed by atoms with E-state index in [0.717, 1.165) is 29.7 Å². The van der Waals surface area contributed by atoms with Crippen LogP contribution in [0, 0.1) is 5.92 Å². The number of carbonyl (C=O) groups is 4. The molecule has 1 aliphatic carbocycles. The molecule has 1 heterocycles. The molecule has 1 unspecified atom stereocenters. The highest BCUT2D eigenvalue weighted by Crippen LogP contribution is 2.38. The molecule has 0 saturated heterocycles. The normalized spacial score (nSPS) is 13.2. The molecular weight excluding hydrogens is 458 g/mol. The summed E-state index contributed by atoms with van der Waals surface area (Å²) in [5.41, 5.74) is 7.09. The summed E-state index contributed by atoms with van der Waals surface area (Å²) in [7, 11) is 0. The summed E-state index contributed by atoms with van der Waals surface area (Å²) in [4.78, 5) is 50.5. The fourth-order valence-electron chi connectivity index (χ4n) is 3.73. The average molecular weight is 488 g/mol. The van der Waals surface area contributed by atoms with Gasteiger partial charge in [0.05, 0.1) is 12.2 Å². The Labute approximate surface area is 202 Å². The second-order valence-electron chi connectivity index (χ2n) is 8.23. The molecule has 0 spiro atoms. The molecular formula is C24H29N3O6S. The minimum absolute atomic E-state index is 0.274. The molecule has 0 radical (unpaired) electrons. The van der Waals surface area contributed by atoms with Gasteiger partial charge < -0.3 is 25.8 Å². The van der Waals surface area contributed by atoms with E-state index in [9.17, 15) is 19.2 Å². The van der Waals surface area contributed by atoms with Crippen LogP contribution in [0.1, 0.15) is 58.3 Å². The van der Waals surface area contributed by atoms with Gasteiger partial charge in [0.1, 0.15) is 16.8 Å². The predicted octanol–water partition coefficient (Wildman–Crippen LogP) is 2.67. The topological polar surface area (TPSA) is 137 Å². The maximum Gasteiger partial charge on any atom is 0.329 e. The number of benzene rings is 1. The van der Waals surface area contributed by atoms with Crippen molar-refractivity contribution in [2.75, 3.05) is 18.5 Å². The first-order chi connectivity index (χ1) is 16.2. The van der Waals surface area contributed by atoms with Crippen molar-refractivity contribution in [1.82, 2.24) is 5.32 Å². The second-order valence-corrected chi connectivity index (χ2v) is 9.34. The van der Waals surface area contributed by atoms with Crippen LogP contribution in [0.2, 0.25) is 0 Å². The highest BCUT2D eigenvalue weighted by atomic mass is 32.1. The van der Waals surface area contributed by atoms with Gasteiger partial charge in [-0.05, 0) is 61.9 Å². The van der Waals surface area contributed by atoms with E-state index in [1.165, 1.54) is 11.3 Å². The smallest absolute Gasteiger partial charge is 0.329 e. The Hall–Kier alpha value is -3.40. The number of ether oxygens (including phenoxy) is 2. The van der Waals surface area contributed by atoms with E-state index in [0.29, 0.717) is 28.5 Å². The quantitative estimate of drug-likeness (QED) is 0.441. The number of amides is 3. The average Bonchev–Trinajstić information content (AvgIpc) is 3.36. The van der Waals surface area contributed by atoms with Crippen molar-refractivity contribution in [3.05, 3.63) is 45.8 Å². The van der Waals surface area contributed by atoms with Gasteiger partial charge in [-0.1, -0.05) is 13.8 Å². The lowest BCUT2D eigenvalue weighted by Crippen LogP contribution is -2.45. The Bertz CT molecular complexity index is 1080. The van der Waals surface area contributed by atoms with Gasteiger partial charge in [0.15, 0.2) is 6.61 Å². The Morgan fingerprint density at radius 3 is 2.44 bits per heavy atom. The third-order valence-electron chi connectivity index (χ3n) is 5.40. The molecule has 182 valence electrons. The lowest BCUT2D eigenvalue weighted by molar-refractivity contribution is -0.150. The SMILES string of the molecule is CCOc1ccc(C(=O)NC(C(=O)OCC(=O)Nc2sc3c(c2C(N)=O)CCC3)C(C)C)cc1. The fraction of sp³-hybridized carbons (Fsp3) is 0.417. The molecule has 1 aliphatic rings. The van der Waals surface area contributed by atoms with E-state index in [4.69, 9.17) is 15.2 Å². The summed E-state index contributed by atoms with van der Waals surface area (Å²) in [6.45, 7) is 5.34. The van der Waals surface area contributed by atoms with Crippen LogP contribution < -0.4 is 21.1 Å². The fourth-order valence-corrected chi connectivity index (χ4v) is 5.04. The van der Waals surface area contributed by atoms with Crippen molar-refractivity contribution in [2.45, 2.75) is 46.1 Å². The maximum atomic E-state index is 12.6. The van der Waals surface area contributed by atoms with Crippen LogP contribution in [0.4, 0.5) is 5.00 Å². The van der Waals surface area contributed by atoms with Crippen molar-refractivity contribution in [3.63, 3.8) is 0 Å². The van der Waals surface area contributed by atoms with Crippen molar-refractivity contribution < 1.29 is 28.7 Å². The van der Waals surface area contributed by atoms with Crippen LogP contribution in [0.25, 0.3) is 0 Å². The number of rotatable bonds is 10. The van der Waals surface area contributed by atoms with E-state index in [1.54, 1.807) is 38.1 Å². The van der Waals surface area contributed by atoms with Crippen molar-refractivity contribution >= 4 is 40.0 Å². The number of nitrogens with two attached hydrogens (primary N) is 1. The van der Waals surface area contributed by atoms with Gasteiger partial charge in [-0.2, -0.15) is 0 Å². The molecule has 3 amide bonds. The zero-order valence-electron chi connectivity index (χ0n) is 19.4. The van der Waals surface area contributed by atoms with E-state index < -0.39 is 36.3 Å². The van der Waals surface area contributed by atoms with Crippen LogP contribution in [0.15, 0.2) is 24.3 Å². The third kappa shape index (κ3) is 5.93. The lowest BCUT2D eigenvalue weighted by atomic mass is 10.0. The molecule has 4 N–H and O–H groups in total. The highest BCUT2D eigenvalue weighted by molar-refractivity contribution is 7.17. The van der Waals surface area contributed by atoms with Crippen LogP contribution in [0.5, 0.6) is 5.75 Å². The first kappa shape index (κ1) is 25.2. The van der Waals surface area contributed by atoms with Crippen LogP contribution in [0.3, 0.4) is 0 Å². The molecule has 0 bridgehead atoms. The van der Waals surface area contributed by atoms with Crippen LogP contribution in [-0.2, 0) is 27.2 Å². The van der Waals surface area contributed by atoms with Crippen molar-refractivity contribution in [1.29, 1.82) is 0 Å². The van der Waals surface area contributed by atoms with Crippen molar-refractivity contribution in [3.8, 4) is 5.75 Å². The Morgan fingerprint density at radius 1 is 1.12 bits per heavy atom. The number of nitrogens with one attached hydrogen (secondary N) is 2. The third-order valence-corrected chi connectivity index (χ3v) is 6.61. The predicted molar refractivity (Wildman–Crippen MR) is 128 cm³/mol. The van der Waals surface area contributed by atoms with Gasteiger partial charge in [0.2, 0.25) is 0 Å². The largest absolute Gasteiger partial charge is 0.494 e. The number of esters is 1. The Morgan fingerprint density at radius 2 is 1.82 bits per heavy atom. The molecule has 34 heavy (non-hydrogen) atoms. The number of aryl methyl sites for hydroxylation is 1. The minimum atomic E-state index is -0.946. The standard InChI is InChI=1S/C24H29N3O6S/c1-4-32-15-10-8-14(9-11-15)22(30)27-20(13(2)3)24(31)33-12-18(28)26-23-19(21(25)29)16-6-5-7-17(16)34-23/h8-11,13,20H,4-7,12H2,1-3H3,(H2,25,29)(H,26,28)(H,27,30). The number of carbonyl (C=O) groups excluding carboxylic acids is 4. The zero-order valence-corrected chi connectivity index (χ0v) is 20.3. The maximum absolute atomic E-state index is 12.6. The van der Waals surface area contributed by atoms with E-state index in [-0.39, 0.29) is 5.92 Å². The van der Waals surface area contributed by atoms with Gasteiger partial charge >= 0.3 is 5.97 Å². The first-order valence-electron chi connectivity index (χ1n) is 11.2. The van der Waals surface area contributed by atoms with Crippen molar-refractivity contribution in [2.24, 2.45) is 11.7 Å².